The summed E-state index contributed by atoms with van der Waals surface area (Å²) in [6.07, 6.45) is 2.47. The van der Waals surface area contributed by atoms with Gasteiger partial charge >= 0.3 is 0 Å². The molecule has 0 bridgehead atoms. The second-order valence-corrected chi connectivity index (χ2v) is 4.98. The predicted octanol–water partition coefficient (Wildman–Crippen LogP) is 2.63. The molecule has 1 saturated carbocycles. The average molecular weight is 234 g/mol. The molecule has 0 saturated heterocycles. The molecule has 1 aliphatic carbocycles. The highest BCUT2D eigenvalue weighted by Gasteiger charge is 2.27. The molecule has 1 fully saturated rings. The zero-order chi connectivity index (χ0) is 12.4. The van der Waals surface area contributed by atoms with E-state index in [1.807, 2.05) is 6.07 Å². The fourth-order valence-electron chi connectivity index (χ4n) is 1.69. The lowest BCUT2D eigenvalue weighted by Crippen LogP contribution is -2.27. The van der Waals surface area contributed by atoms with Crippen molar-refractivity contribution in [1.82, 2.24) is 9.97 Å². The van der Waals surface area contributed by atoms with Gasteiger partial charge in [0.1, 0.15) is 17.5 Å². The molecule has 94 valence electrons. The summed E-state index contributed by atoms with van der Waals surface area (Å²) in [5.74, 6) is 3.57. The largest absolute Gasteiger partial charge is 0.370 e. The molecule has 0 unspecified atom stereocenters. The summed E-state index contributed by atoms with van der Waals surface area (Å²) in [5, 5.41) is 3.29. The van der Waals surface area contributed by atoms with Crippen molar-refractivity contribution in [2.75, 3.05) is 23.8 Å². The van der Waals surface area contributed by atoms with Crippen molar-refractivity contribution in [3.8, 4) is 0 Å². The Kier molecular flexibility index (Phi) is 3.50. The standard InChI is InChI=1S/C13H22N4/c1-5-14-11-8-12(17(4)9(2)3)16-13(15-11)10-6-7-10/h8-10H,5-7H2,1-4H3,(H,14,15,16). The van der Waals surface area contributed by atoms with E-state index >= 15 is 0 Å². The number of anilines is 2. The van der Waals surface area contributed by atoms with Gasteiger partial charge in [-0.1, -0.05) is 0 Å². The van der Waals surface area contributed by atoms with Crippen molar-refractivity contribution < 1.29 is 0 Å². The summed E-state index contributed by atoms with van der Waals surface area (Å²) in [6.45, 7) is 7.33. The minimum absolute atomic E-state index is 0.450. The summed E-state index contributed by atoms with van der Waals surface area (Å²) in [6, 6.07) is 2.49. The van der Waals surface area contributed by atoms with Crippen LogP contribution in [0.3, 0.4) is 0 Å². The van der Waals surface area contributed by atoms with E-state index in [1.165, 1.54) is 12.8 Å². The summed E-state index contributed by atoms with van der Waals surface area (Å²) in [5.41, 5.74) is 0. The second-order valence-electron chi connectivity index (χ2n) is 4.98. The first-order valence-corrected chi connectivity index (χ1v) is 6.47. The number of nitrogens with one attached hydrogen (secondary N) is 1. The number of hydrogen-bond acceptors (Lipinski definition) is 4. The van der Waals surface area contributed by atoms with Crippen LogP contribution in [0.5, 0.6) is 0 Å². The molecule has 1 N–H and O–H groups in total. The van der Waals surface area contributed by atoms with Gasteiger partial charge in [0.2, 0.25) is 0 Å². The highest BCUT2D eigenvalue weighted by molar-refractivity contribution is 5.50. The maximum absolute atomic E-state index is 4.67. The van der Waals surface area contributed by atoms with Crippen LogP contribution in [0.2, 0.25) is 0 Å². The fraction of sp³-hybridized carbons (Fsp3) is 0.692. The molecule has 4 nitrogen and oxygen atoms in total. The van der Waals surface area contributed by atoms with Crippen LogP contribution >= 0.6 is 0 Å². The first-order chi connectivity index (χ1) is 8.11. The minimum atomic E-state index is 0.450. The molecule has 0 spiro atoms. The van der Waals surface area contributed by atoms with Gasteiger partial charge < -0.3 is 10.2 Å². The van der Waals surface area contributed by atoms with Gasteiger partial charge in [0, 0.05) is 31.6 Å². The van der Waals surface area contributed by atoms with Gasteiger partial charge in [0.15, 0.2) is 0 Å². The van der Waals surface area contributed by atoms with Crippen LogP contribution < -0.4 is 10.2 Å². The lowest BCUT2D eigenvalue weighted by molar-refractivity contribution is 0.735. The topological polar surface area (TPSA) is 41.0 Å². The van der Waals surface area contributed by atoms with Gasteiger partial charge in [-0.25, -0.2) is 9.97 Å². The third-order valence-corrected chi connectivity index (χ3v) is 3.17. The van der Waals surface area contributed by atoms with E-state index in [2.05, 4.69) is 48.0 Å². The summed E-state index contributed by atoms with van der Waals surface area (Å²) >= 11 is 0. The maximum atomic E-state index is 4.67. The monoisotopic (exact) mass is 234 g/mol. The third-order valence-electron chi connectivity index (χ3n) is 3.17. The van der Waals surface area contributed by atoms with Gasteiger partial charge in [-0.3, -0.25) is 0 Å². The summed E-state index contributed by atoms with van der Waals surface area (Å²) in [7, 11) is 2.08. The molecule has 0 aromatic carbocycles. The highest BCUT2D eigenvalue weighted by Crippen LogP contribution is 2.39. The SMILES string of the molecule is CCNc1cc(N(C)C(C)C)nc(C2CC2)n1. The first kappa shape index (κ1) is 12.1. The Hall–Kier alpha value is -1.32. The Labute approximate surface area is 103 Å². The van der Waals surface area contributed by atoms with Gasteiger partial charge in [0.05, 0.1) is 0 Å². The Morgan fingerprint density at radius 1 is 1.41 bits per heavy atom. The van der Waals surface area contributed by atoms with E-state index in [0.717, 1.165) is 24.0 Å². The quantitative estimate of drug-likeness (QED) is 0.850. The zero-order valence-corrected chi connectivity index (χ0v) is 11.2. The van der Waals surface area contributed by atoms with Gasteiger partial charge in [-0.05, 0) is 33.6 Å². The van der Waals surface area contributed by atoms with E-state index in [9.17, 15) is 0 Å². The number of nitrogens with zero attached hydrogens (tertiary/aromatic N) is 3. The molecule has 1 heterocycles. The van der Waals surface area contributed by atoms with Crippen LogP contribution in [0.15, 0.2) is 6.07 Å². The number of hydrogen-bond donors (Lipinski definition) is 1. The molecule has 4 heteroatoms. The molecule has 1 aromatic heterocycles. The summed E-state index contributed by atoms with van der Waals surface area (Å²) in [4.78, 5) is 11.4. The lowest BCUT2D eigenvalue weighted by atomic mass is 10.3. The Balaban J connectivity index is 2.29. The first-order valence-electron chi connectivity index (χ1n) is 6.47. The molecule has 1 aliphatic rings. The van der Waals surface area contributed by atoms with E-state index in [1.54, 1.807) is 0 Å². The lowest BCUT2D eigenvalue weighted by Gasteiger charge is -2.23. The third kappa shape index (κ3) is 2.87. The van der Waals surface area contributed by atoms with Crippen molar-refractivity contribution in [2.24, 2.45) is 0 Å². The Morgan fingerprint density at radius 3 is 2.65 bits per heavy atom. The molecule has 2 rings (SSSR count). The van der Waals surface area contributed by atoms with Crippen LogP contribution in [0.1, 0.15) is 45.4 Å². The average Bonchev–Trinajstić information content (AvgIpc) is 3.11. The molecule has 0 atom stereocenters. The van der Waals surface area contributed by atoms with Crippen LogP contribution in [0, 0.1) is 0 Å². The van der Waals surface area contributed by atoms with Crippen LogP contribution in [-0.2, 0) is 0 Å². The normalized spacial score (nSPS) is 15.1. The summed E-state index contributed by atoms with van der Waals surface area (Å²) < 4.78 is 0. The van der Waals surface area contributed by atoms with Crippen LogP contribution in [0.4, 0.5) is 11.6 Å². The van der Waals surface area contributed by atoms with Crippen molar-refractivity contribution in [2.45, 2.75) is 45.6 Å². The predicted molar refractivity (Wildman–Crippen MR) is 71.7 cm³/mol. The van der Waals surface area contributed by atoms with Gasteiger partial charge in [-0.2, -0.15) is 0 Å². The fourth-order valence-corrected chi connectivity index (χ4v) is 1.69. The molecular formula is C13H22N4. The van der Waals surface area contributed by atoms with E-state index < -0.39 is 0 Å². The van der Waals surface area contributed by atoms with Crippen molar-refractivity contribution in [3.63, 3.8) is 0 Å². The van der Waals surface area contributed by atoms with Crippen LogP contribution in [0.25, 0.3) is 0 Å². The minimum Gasteiger partial charge on any atom is -0.370 e. The van der Waals surface area contributed by atoms with Crippen molar-refractivity contribution >= 4 is 11.6 Å². The maximum Gasteiger partial charge on any atom is 0.136 e. The second kappa shape index (κ2) is 4.90. The Morgan fingerprint density at radius 2 is 2.12 bits per heavy atom. The van der Waals surface area contributed by atoms with E-state index in [4.69, 9.17) is 0 Å². The molecule has 0 aliphatic heterocycles. The molecule has 1 aromatic rings. The van der Waals surface area contributed by atoms with Gasteiger partial charge in [-0.15, -0.1) is 0 Å². The van der Waals surface area contributed by atoms with Crippen molar-refractivity contribution in [3.05, 3.63) is 11.9 Å². The molecule has 17 heavy (non-hydrogen) atoms. The Bertz CT molecular complexity index is 385. The van der Waals surface area contributed by atoms with Gasteiger partial charge in [0.25, 0.3) is 0 Å². The molecule has 0 radical (unpaired) electrons. The highest BCUT2D eigenvalue weighted by atomic mass is 15.2. The number of rotatable bonds is 5. The van der Waals surface area contributed by atoms with E-state index in [-0.39, 0.29) is 0 Å². The molecular weight excluding hydrogens is 212 g/mol. The van der Waals surface area contributed by atoms with E-state index in [0.29, 0.717) is 12.0 Å². The van der Waals surface area contributed by atoms with Crippen molar-refractivity contribution in [1.29, 1.82) is 0 Å². The smallest absolute Gasteiger partial charge is 0.136 e. The molecule has 0 amide bonds. The zero-order valence-electron chi connectivity index (χ0n) is 11.2. The van der Waals surface area contributed by atoms with Crippen LogP contribution in [-0.4, -0.2) is 29.6 Å². The number of aromatic nitrogens is 2.